The molecular formula is C13H21N3O. The van der Waals surface area contributed by atoms with E-state index in [0.717, 1.165) is 5.69 Å². The Morgan fingerprint density at radius 3 is 2.65 bits per heavy atom. The second kappa shape index (κ2) is 5.17. The SMILES string of the molecule is CNc1ccncc1C(=O)N(C)CC(C)(C)C. The van der Waals surface area contributed by atoms with Crippen LogP contribution in [0.1, 0.15) is 31.1 Å². The van der Waals surface area contributed by atoms with Crippen LogP contribution in [0.3, 0.4) is 0 Å². The van der Waals surface area contributed by atoms with Crippen LogP contribution in [-0.4, -0.2) is 36.4 Å². The van der Waals surface area contributed by atoms with Crippen LogP contribution < -0.4 is 5.32 Å². The Morgan fingerprint density at radius 1 is 1.47 bits per heavy atom. The molecule has 0 unspecified atom stereocenters. The third-order valence-electron chi connectivity index (χ3n) is 2.38. The number of amides is 1. The first-order chi connectivity index (χ1) is 7.85. The Kier molecular flexibility index (Phi) is 4.10. The molecule has 4 nitrogen and oxygen atoms in total. The summed E-state index contributed by atoms with van der Waals surface area (Å²) in [5, 5.41) is 3.01. The highest BCUT2D eigenvalue weighted by molar-refractivity contribution is 5.99. The van der Waals surface area contributed by atoms with Crippen molar-refractivity contribution < 1.29 is 4.79 Å². The standard InChI is InChI=1S/C13H21N3O/c1-13(2,3)9-16(5)12(17)10-8-15-7-6-11(10)14-4/h6-8H,9H2,1-5H3,(H,14,15). The number of pyridine rings is 1. The van der Waals surface area contributed by atoms with Gasteiger partial charge in [-0.15, -0.1) is 0 Å². The van der Waals surface area contributed by atoms with Crippen molar-refractivity contribution in [3.05, 3.63) is 24.0 Å². The van der Waals surface area contributed by atoms with E-state index >= 15 is 0 Å². The van der Waals surface area contributed by atoms with Crippen LogP contribution in [-0.2, 0) is 0 Å². The Morgan fingerprint density at radius 2 is 2.12 bits per heavy atom. The number of rotatable bonds is 3. The van der Waals surface area contributed by atoms with Crippen LogP contribution in [0.25, 0.3) is 0 Å². The molecule has 0 bridgehead atoms. The molecule has 0 aliphatic rings. The first kappa shape index (κ1) is 13.5. The number of anilines is 1. The molecule has 0 radical (unpaired) electrons. The Bertz CT molecular complexity index is 396. The zero-order chi connectivity index (χ0) is 13.1. The lowest BCUT2D eigenvalue weighted by molar-refractivity contribution is 0.0746. The molecule has 1 aromatic rings. The molecule has 0 saturated carbocycles. The summed E-state index contributed by atoms with van der Waals surface area (Å²) in [5.41, 5.74) is 1.51. The van der Waals surface area contributed by atoms with Gasteiger partial charge in [-0.3, -0.25) is 9.78 Å². The van der Waals surface area contributed by atoms with Gasteiger partial charge in [-0.05, 0) is 11.5 Å². The molecule has 1 N–H and O–H groups in total. The van der Waals surface area contributed by atoms with Gasteiger partial charge in [0.1, 0.15) is 0 Å². The minimum atomic E-state index is -0.00243. The van der Waals surface area contributed by atoms with Crippen molar-refractivity contribution in [2.45, 2.75) is 20.8 Å². The maximum atomic E-state index is 12.2. The molecular weight excluding hydrogens is 214 g/mol. The molecule has 4 heteroatoms. The van der Waals surface area contributed by atoms with E-state index in [9.17, 15) is 4.79 Å². The summed E-state index contributed by atoms with van der Waals surface area (Å²) < 4.78 is 0. The van der Waals surface area contributed by atoms with Crippen molar-refractivity contribution >= 4 is 11.6 Å². The lowest BCUT2D eigenvalue weighted by Gasteiger charge is -2.27. The third-order valence-corrected chi connectivity index (χ3v) is 2.38. The Balaban J connectivity index is 2.89. The molecule has 0 spiro atoms. The molecule has 0 saturated heterocycles. The van der Waals surface area contributed by atoms with Crippen molar-refractivity contribution in [3.8, 4) is 0 Å². The predicted octanol–water partition coefficient (Wildman–Crippen LogP) is 2.24. The summed E-state index contributed by atoms with van der Waals surface area (Å²) in [7, 11) is 3.62. The molecule has 0 aliphatic carbocycles. The summed E-state index contributed by atoms with van der Waals surface area (Å²) in [5.74, 6) is -0.00243. The number of nitrogens with zero attached hydrogens (tertiary/aromatic N) is 2. The van der Waals surface area contributed by atoms with E-state index < -0.39 is 0 Å². The van der Waals surface area contributed by atoms with Gasteiger partial charge in [-0.1, -0.05) is 20.8 Å². The van der Waals surface area contributed by atoms with Crippen molar-refractivity contribution in [1.82, 2.24) is 9.88 Å². The van der Waals surface area contributed by atoms with Crippen LogP contribution in [0, 0.1) is 5.41 Å². The number of carbonyl (C=O) groups is 1. The molecule has 1 rings (SSSR count). The fourth-order valence-corrected chi connectivity index (χ4v) is 1.77. The van der Waals surface area contributed by atoms with Gasteiger partial charge in [-0.25, -0.2) is 0 Å². The first-order valence-electron chi connectivity index (χ1n) is 5.72. The average molecular weight is 235 g/mol. The van der Waals surface area contributed by atoms with Gasteiger partial charge in [0.15, 0.2) is 0 Å². The Hall–Kier alpha value is -1.58. The van der Waals surface area contributed by atoms with Gasteiger partial charge in [0, 0.05) is 38.7 Å². The minimum Gasteiger partial charge on any atom is -0.387 e. The molecule has 0 aromatic carbocycles. The zero-order valence-electron chi connectivity index (χ0n) is 11.2. The maximum absolute atomic E-state index is 12.2. The highest BCUT2D eigenvalue weighted by Gasteiger charge is 2.20. The number of aromatic nitrogens is 1. The summed E-state index contributed by atoms with van der Waals surface area (Å²) in [4.78, 5) is 18.0. The first-order valence-corrected chi connectivity index (χ1v) is 5.72. The smallest absolute Gasteiger partial charge is 0.257 e. The van der Waals surface area contributed by atoms with E-state index in [0.29, 0.717) is 12.1 Å². The molecule has 0 fully saturated rings. The topological polar surface area (TPSA) is 45.2 Å². The zero-order valence-corrected chi connectivity index (χ0v) is 11.2. The number of carbonyl (C=O) groups excluding carboxylic acids is 1. The fourth-order valence-electron chi connectivity index (χ4n) is 1.77. The van der Waals surface area contributed by atoms with Gasteiger partial charge in [0.25, 0.3) is 5.91 Å². The second-order valence-corrected chi connectivity index (χ2v) is 5.39. The van der Waals surface area contributed by atoms with Crippen molar-refractivity contribution in [2.24, 2.45) is 5.41 Å². The van der Waals surface area contributed by atoms with Crippen LogP contribution in [0.15, 0.2) is 18.5 Å². The largest absolute Gasteiger partial charge is 0.387 e. The third kappa shape index (κ3) is 3.73. The van der Waals surface area contributed by atoms with E-state index in [4.69, 9.17) is 0 Å². The summed E-state index contributed by atoms with van der Waals surface area (Å²) in [6.07, 6.45) is 3.28. The van der Waals surface area contributed by atoms with Crippen molar-refractivity contribution in [1.29, 1.82) is 0 Å². The van der Waals surface area contributed by atoms with Gasteiger partial charge < -0.3 is 10.2 Å². The summed E-state index contributed by atoms with van der Waals surface area (Å²) in [6, 6.07) is 1.80. The lowest BCUT2D eigenvalue weighted by Crippen LogP contribution is -2.34. The van der Waals surface area contributed by atoms with E-state index in [1.54, 1.807) is 30.4 Å². The number of nitrogens with one attached hydrogen (secondary N) is 1. The molecule has 1 heterocycles. The van der Waals surface area contributed by atoms with Crippen LogP contribution in [0.2, 0.25) is 0 Å². The van der Waals surface area contributed by atoms with E-state index in [1.807, 2.05) is 7.05 Å². The van der Waals surface area contributed by atoms with Gasteiger partial charge >= 0.3 is 0 Å². The molecule has 1 aromatic heterocycles. The molecule has 0 atom stereocenters. The highest BCUT2D eigenvalue weighted by Crippen LogP contribution is 2.19. The molecule has 17 heavy (non-hydrogen) atoms. The predicted molar refractivity (Wildman–Crippen MR) is 70.2 cm³/mol. The lowest BCUT2D eigenvalue weighted by atomic mass is 9.96. The van der Waals surface area contributed by atoms with E-state index in [2.05, 4.69) is 31.1 Å². The highest BCUT2D eigenvalue weighted by atomic mass is 16.2. The normalized spacial score (nSPS) is 11.1. The van der Waals surface area contributed by atoms with Gasteiger partial charge in [-0.2, -0.15) is 0 Å². The molecule has 0 aliphatic heterocycles. The summed E-state index contributed by atoms with van der Waals surface area (Å²) in [6.45, 7) is 7.04. The van der Waals surface area contributed by atoms with Crippen molar-refractivity contribution in [2.75, 3.05) is 26.0 Å². The second-order valence-electron chi connectivity index (χ2n) is 5.39. The quantitative estimate of drug-likeness (QED) is 0.874. The maximum Gasteiger partial charge on any atom is 0.257 e. The van der Waals surface area contributed by atoms with E-state index in [-0.39, 0.29) is 11.3 Å². The minimum absolute atomic E-state index is 0.00243. The van der Waals surface area contributed by atoms with Gasteiger partial charge in [0.05, 0.1) is 5.56 Å². The van der Waals surface area contributed by atoms with E-state index in [1.165, 1.54) is 0 Å². The van der Waals surface area contributed by atoms with Gasteiger partial charge in [0.2, 0.25) is 0 Å². The number of hydrogen-bond acceptors (Lipinski definition) is 3. The molecule has 1 amide bonds. The van der Waals surface area contributed by atoms with Crippen LogP contribution >= 0.6 is 0 Å². The average Bonchev–Trinajstić information content (AvgIpc) is 2.25. The van der Waals surface area contributed by atoms with Crippen molar-refractivity contribution in [3.63, 3.8) is 0 Å². The number of hydrogen-bond donors (Lipinski definition) is 1. The monoisotopic (exact) mass is 235 g/mol. The van der Waals surface area contributed by atoms with Crippen LogP contribution in [0.4, 0.5) is 5.69 Å². The Labute approximate surface area is 103 Å². The fraction of sp³-hybridized carbons (Fsp3) is 0.538. The summed E-state index contributed by atoms with van der Waals surface area (Å²) >= 11 is 0. The molecule has 94 valence electrons. The van der Waals surface area contributed by atoms with Crippen LogP contribution in [0.5, 0.6) is 0 Å².